The number of amides is 2. The van der Waals surface area contributed by atoms with E-state index in [2.05, 4.69) is 10.6 Å². The number of hydrogen-bond donors (Lipinski definition) is 3. The van der Waals surface area contributed by atoms with Crippen LogP contribution in [-0.2, 0) is 16.1 Å². The lowest BCUT2D eigenvalue weighted by molar-refractivity contribution is -0.123. The summed E-state index contributed by atoms with van der Waals surface area (Å²) in [5, 5.41) is 5.61. The second kappa shape index (κ2) is 8.67. The van der Waals surface area contributed by atoms with Gasteiger partial charge in [-0.05, 0) is 30.0 Å². The molecule has 2 rings (SSSR count). The van der Waals surface area contributed by atoms with Crippen molar-refractivity contribution in [3.63, 3.8) is 0 Å². The second-order valence-corrected chi connectivity index (χ2v) is 6.44. The molecule has 1 aliphatic carbocycles. The number of rotatable bonds is 6. The van der Waals surface area contributed by atoms with Crippen molar-refractivity contribution < 1.29 is 9.59 Å². The lowest BCUT2D eigenvalue weighted by Gasteiger charge is -2.24. The Balaban J connectivity index is 1.75. The lowest BCUT2D eigenvalue weighted by atomic mass is 9.85. The Morgan fingerprint density at radius 1 is 1.17 bits per heavy atom. The molecule has 23 heavy (non-hydrogen) atoms. The molecule has 0 aromatic heterocycles. The molecule has 4 N–H and O–H groups in total. The first-order chi connectivity index (χ1) is 11.0. The van der Waals surface area contributed by atoms with Crippen molar-refractivity contribution in [2.75, 3.05) is 5.32 Å². The maximum atomic E-state index is 12.1. The number of hydrogen-bond acceptors (Lipinski definition) is 3. The first-order valence-corrected chi connectivity index (χ1v) is 8.44. The van der Waals surface area contributed by atoms with Crippen LogP contribution < -0.4 is 16.4 Å². The van der Waals surface area contributed by atoms with Gasteiger partial charge in [0.2, 0.25) is 11.8 Å². The molecule has 126 valence electrons. The molecule has 1 saturated carbocycles. The van der Waals surface area contributed by atoms with Gasteiger partial charge in [-0.2, -0.15) is 0 Å². The Kier molecular flexibility index (Phi) is 6.59. The zero-order valence-corrected chi connectivity index (χ0v) is 13.8. The van der Waals surface area contributed by atoms with Gasteiger partial charge in [-0.1, -0.05) is 44.2 Å². The average molecular weight is 317 g/mol. The minimum absolute atomic E-state index is 0.0819. The van der Waals surface area contributed by atoms with E-state index in [1.807, 2.05) is 24.3 Å². The third kappa shape index (κ3) is 6.02. The van der Waals surface area contributed by atoms with Crippen LogP contribution in [0, 0.1) is 5.92 Å². The maximum Gasteiger partial charge on any atom is 0.237 e. The van der Waals surface area contributed by atoms with Gasteiger partial charge in [-0.3, -0.25) is 9.59 Å². The minimum Gasteiger partial charge on any atom is -0.351 e. The zero-order valence-electron chi connectivity index (χ0n) is 13.8. The van der Waals surface area contributed by atoms with Crippen molar-refractivity contribution >= 4 is 17.5 Å². The van der Waals surface area contributed by atoms with Gasteiger partial charge in [0.15, 0.2) is 0 Å². The van der Waals surface area contributed by atoms with Gasteiger partial charge in [0.05, 0.1) is 6.04 Å². The lowest BCUT2D eigenvalue weighted by Crippen LogP contribution is -2.41. The molecular formula is C18H27N3O2. The molecule has 0 aliphatic heterocycles. The first kappa shape index (κ1) is 17.5. The first-order valence-electron chi connectivity index (χ1n) is 8.44. The molecule has 1 aliphatic rings. The molecule has 1 unspecified atom stereocenters. The summed E-state index contributed by atoms with van der Waals surface area (Å²) in [4.78, 5) is 23.1. The fourth-order valence-electron chi connectivity index (χ4n) is 3.12. The van der Waals surface area contributed by atoms with Crippen molar-refractivity contribution in [2.45, 2.75) is 58.0 Å². The number of carbonyl (C=O) groups is 2. The molecule has 2 amide bonds. The molecule has 5 heteroatoms. The molecule has 0 spiro atoms. The fraction of sp³-hybridized carbons (Fsp3) is 0.556. The van der Waals surface area contributed by atoms with E-state index in [9.17, 15) is 9.59 Å². The van der Waals surface area contributed by atoms with Gasteiger partial charge >= 0.3 is 0 Å². The molecule has 0 heterocycles. The van der Waals surface area contributed by atoms with Crippen molar-refractivity contribution in [3.05, 3.63) is 29.8 Å². The summed E-state index contributed by atoms with van der Waals surface area (Å²) in [5.74, 6) is 0.419. The van der Waals surface area contributed by atoms with E-state index in [-0.39, 0.29) is 11.8 Å². The Labute approximate surface area is 138 Å². The minimum atomic E-state index is -0.420. The molecule has 0 saturated heterocycles. The van der Waals surface area contributed by atoms with Crippen LogP contribution in [0.3, 0.4) is 0 Å². The summed E-state index contributed by atoms with van der Waals surface area (Å²) < 4.78 is 0. The van der Waals surface area contributed by atoms with E-state index in [4.69, 9.17) is 5.73 Å². The van der Waals surface area contributed by atoms with Crippen LogP contribution >= 0.6 is 0 Å². The van der Waals surface area contributed by atoms with Gasteiger partial charge in [-0.15, -0.1) is 0 Å². The number of benzene rings is 1. The quantitative estimate of drug-likeness (QED) is 0.754. The average Bonchev–Trinajstić information content (AvgIpc) is 2.54. The normalized spacial score (nSPS) is 16.6. The van der Waals surface area contributed by atoms with Crippen molar-refractivity contribution in [2.24, 2.45) is 11.7 Å². The Bertz CT molecular complexity index is 522. The smallest absolute Gasteiger partial charge is 0.237 e. The summed E-state index contributed by atoms with van der Waals surface area (Å²) in [7, 11) is 0. The van der Waals surface area contributed by atoms with Crippen molar-refractivity contribution in [3.8, 4) is 0 Å². The van der Waals surface area contributed by atoms with E-state index < -0.39 is 6.04 Å². The number of nitrogens with two attached hydrogens (primary N) is 1. The van der Waals surface area contributed by atoms with Crippen LogP contribution in [0.1, 0.15) is 51.0 Å². The Hall–Kier alpha value is -1.88. The number of anilines is 1. The summed E-state index contributed by atoms with van der Waals surface area (Å²) in [6.45, 7) is 1.93. The SMILES string of the molecule is CC(=O)Nc1ccc(CNC(=O)C(N)CC2CCCCC2)cc1. The predicted octanol–water partition coefficient (Wildman–Crippen LogP) is 2.56. The highest BCUT2D eigenvalue weighted by Crippen LogP contribution is 2.26. The van der Waals surface area contributed by atoms with E-state index in [1.54, 1.807) is 0 Å². The van der Waals surface area contributed by atoms with Crippen molar-refractivity contribution in [1.82, 2.24) is 5.32 Å². The van der Waals surface area contributed by atoms with Gasteiger partial charge in [0, 0.05) is 19.2 Å². The highest BCUT2D eigenvalue weighted by molar-refractivity contribution is 5.88. The predicted molar refractivity (Wildman–Crippen MR) is 91.8 cm³/mol. The van der Waals surface area contributed by atoms with Crippen LogP contribution in [-0.4, -0.2) is 17.9 Å². The third-order valence-electron chi connectivity index (χ3n) is 4.39. The van der Waals surface area contributed by atoms with Gasteiger partial charge < -0.3 is 16.4 Å². The van der Waals surface area contributed by atoms with Gasteiger partial charge in [0.1, 0.15) is 0 Å². The van der Waals surface area contributed by atoms with Crippen LogP contribution in [0.2, 0.25) is 0 Å². The van der Waals surface area contributed by atoms with Crippen LogP contribution in [0.25, 0.3) is 0 Å². The fourth-order valence-corrected chi connectivity index (χ4v) is 3.12. The zero-order chi connectivity index (χ0) is 16.7. The standard InChI is InChI=1S/C18H27N3O2/c1-13(22)21-16-9-7-15(8-10-16)12-20-18(23)17(19)11-14-5-3-2-4-6-14/h7-10,14,17H,2-6,11-12,19H2,1H3,(H,20,23)(H,21,22). The molecule has 0 bridgehead atoms. The monoisotopic (exact) mass is 317 g/mol. The Morgan fingerprint density at radius 3 is 2.43 bits per heavy atom. The molecule has 0 radical (unpaired) electrons. The molecule has 5 nitrogen and oxygen atoms in total. The van der Waals surface area contributed by atoms with Gasteiger partial charge in [0.25, 0.3) is 0 Å². The highest BCUT2D eigenvalue weighted by atomic mass is 16.2. The van der Waals surface area contributed by atoms with Crippen LogP contribution in [0.4, 0.5) is 5.69 Å². The molecule has 1 aromatic carbocycles. The topological polar surface area (TPSA) is 84.2 Å². The largest absolute Gasteiger partial charge is 0.351 e. The van der Waals surface area contributed by atoms with E-state index in [0.717, 1.165) is 17.7 Å². The number of carbonyl (C=O) groups excluding carboxylic acids is 2. The summed E-state index contributed by atoms with van der Waals surface area (Å²) in [6.07, 6.45) is 7.02. The van der Waals surface area contributed by atoms with E-state index >= 15 is 0 Å². The molecular weight excluding hydrogens is 290 g/mol. The highest BCUT2D eigenvalue weighted by Gasteiger charge is 2.20. The number of nitrogens with one attached hydrogen (secondary N) is 2. The van der Waals surface area contributed by atoms with Crippen LogP contribution in [0.15, 0.2) is 24.3 Å². The third-order valence-corrected chi connectivity index (χ3v) is 4.39. The van der Waals surface area contributed by atoms with E-state index in [1.165, 1.54) is 39.0 Å². The molecule has 1 atom stereocenters. The van der Waals surface area contributed by atoms with Crippen molar-refractivity contribution in [1.29, 1.82) is 0 Å². The van der Waals surface area contributed by atoms with Gasteiger partial charge in [-0.25, -0.2) is 0 Å². The van der Waals surface area contributed by atoms with E-state index in [0.29, 0.717) is 12.5 Å². The summed E-state index contributed by atoms with van der Waals surface area (Å²) in [6, 6.07) is 7.00. The molecule has 1 fully saturated rings. The maximum absolute atomic E-state index is 12.1. The summed E-state index contributed by atoms with van der Waals surface area (Å²) in [5.41, 5.74) is 7.77. The Morgan fingerprint density at radius 2 is 1.83 bits per heavy atom. The molecule has 1 aromatic rings. The summed E-state index contributed by atoms with van der Waals surface area (Å²) >= 11 is 0. The second-order valence-electron chi connectivity index (χ2n) is 6.44. The van der Waals surface area contributed by atoms with Crippen LogP contribution in [0.5, 0.6) is 0 Å².